The summed E-state index contributed by atoms with van der Waals surface area (Å²) < 4.78 is 85.3. The molecule has 1 aliphatic rings. The highest BCUT2D eigenvalue weighted by Gasteiger charge is 2.24. The molecule has 3 aromatic rings. The Morgan fingerprint density at radius 2 is 1.39 bits per heavy atom. The van der Waals surface area contributed by atoms with Crippen molar-refractivity contribution in [3.63, 3.8) is 0 Å². The summed E-state index contributed by atoms with van der Waals surface area (Å²) in [5, 5.41) is 0. The Morgan fingerprint density at radius 1 is 0.778 bits per heavy atom. The molecule has 0 radical (unpaired) electrons. The van der Waals surface area contributed by atoms with Crippen molar-refractivity contribution in [1.29, 1.82) is 0 Å². The summed E-state index contributed by atoms with van der Waals surface area (Å²) in [6.45, 7) is 4.86. The van der Waals surface area contributed by atoms with Crippen LogP contribution in [0.25, 0.3) is 22.3 Å². The van der Waals surface area contributed by atoms with Crippen LogP contribution in [0.2, 0.25) is 0 Å². The predicted octanol–water partition coefficient (Wildman–Crippen LogP) is 8.25. The largest absolute Gasteiger partial charge is 0.494 e. The smallest absolute Gasteiger partial charge is 0.167 e. The van der Waals surface area contributed by atoms with Gasteiger partial charge in [-0.3, -0.25) is 0 Å². The predicted molar refractivity (Wildman–Crippen MR) is 129 cm³/mol. The molecule has 0 aliphatic carbocycles. The Bertz CT molecular complexity index is 1220. The first-order valence-corrected chi connectivity index (χ1v) is 12.3. The minimum Gasteiger partial charge on any atom is -0.494 e. The maximum absolute atomic E-state index is 15.0. The van der Waals surface area contributed by atoms with Crippen LogP contribution < -0.4 is 4.74 Å². The van der Waals surface area contributed by atoms with Gasteiger partial charge in [-0.1, -0.05) is 37.6 Å². The zero-order chi connectivity index (χ0) is 25.8. The van der Waals surface area contributed by atoms with Crippen molar-refractivity contribution in [1.82, 2.24) is 0 Å². The summed E-state index contributed by atoms with van der Waals surface area (Å²) in [6.07, 6.45) is 3.82. The van der Waals surface area contributed by atoms with Crippen molar-refractivity contribution in [2.45, 2.75) is 52.1 Å². The number of hydrogen-bond acceptors (Lipinski definition) is 2. The number of aryl methyl sites for hydroxylation is 1. The van der Waals surface area contributed by atoms with Gasteiger partial charge in [-0.05, 0) is 56.2 Å². The molecule has 192 valence electrons. The van der Waals surface area contributed by atoms with Crippen molar-refractivity contribution < 1.29 is 31.4 Å². The van der Waals surface area contributed by atoms with Gasteiger partial charge >= 0.3 is 0 Å². The monoisotopic (exact) mass is 504 g/mol. The van der Waals surface area contributed by atoms with Gasteiger partial charge in [-0.25, -0.2) is 22.0 Å². The molecule has 0 saturated carbocycles. The van der Waals surface area contributed by atoms with Gasteiger partial charge < -0.3 is 9.47 Å². The van der Waals surface area contributed by atoms with E-state index in [1.165, 1.54) is 24.3 Å². The van der Waals surface area contributed by atoms with Gasteiger partial charge in [0.2, 0.25) is 0 Å². The van der Waals surface area contributed by atoms with E-state index >= 15 is 4.39 Å². The fraction of sp³-hybridized carbons (Fsp3) is 0.379. The van der Waals surface area contributed by atoms with E-state index in [1.54, 1.807) is 6.92 Å². The van der Waals surface area contributed by atoms with Gasteiger partial charge in [0.1, 0.15) is 11.6 Å². The van der Waals surface area contributed by atoms with E-state index in [4.69, 9.17) is 9.47 Å². The number of halogens is 5. The first-order valence-electron chi connectivity index (χ1n) is 12.3. The van der Waals surface area contributed by atoms with Crippen LogP contribution in [-0.2, 0) is 11.2 Å². The van der Waals surface area contributed by atoms with Crippen LogP contribution in [0, 0.1) is 35.0 Å². The van der Waals surface area contributed by atoms with Crippen molar-refractivity contribution >= 4 is 0 Å². The SMILES string of the molecule is CCOc1ccc(-c2ccc(-c3ccc(CCC4CCC(CC)CO4)c(F)c3F)c(F)c2F)c(F)c1. The highest BCUT2D eigenvalue weighted by atomic mass is 19.2. The molecular weight excluding hydrogens is 475 g/mol. The number of hydrogen-bond donors (Lipinski definition) is 0. The van der Waals surface area contributed by atoms with E-state index in [0.717, 1.165) is 37.5 Å². The maximum atomic E-state index is 15.0. The molecule has 2 nitrogen and oxygen atoms in total. The van der Waals surface area contributed by atoms with E-state index in [0.29, 0.717) is 25.6 Å². The fourth-order valence-corrected chi connectivity index (χ4v) is 4.65. The Balaban J connectivity index is 1.55. The summed E-state index contributed by atoms with van der Waals surface area (Å²) in [7, 11) is 0. The first kappa shape index (κ1) is 26.1. The van der Waals surface area contributed by atoms with Crippen LogP contribution in [0.5, 0.6) is 5.75 Å². The van der Waals surface area contributed by atoms with E-state index in [9.17, 15) is 17.6 Å². The minimum absolute atomic E-state index is 0.00276. The molecule has 1 fully saturated rings. The maximum Gasteiger partial charge on any atom is 0.167 e. The zero-order valence-electron chi connectivity index (χ0n) is 20.4. The molecule has 0 bridgehead atoms. The summed E-state index contributed by atoms with van der Waals surface area (Å²) in [4.78, 5) is 0. The molecule has 1 heterocycles. The molecule has 2 atom stereocenters. The van der Waals surface area contributed by atoms with Crippen LogP contribution in [0.15, 0.2) is 42.5 Å². The van der Waals surface area contributed by atoms with Crippen LogP contribution >= 0.6 is 0 Å². The molecule has 7 heteroatoms. The highest BCUT2D eigenvalue weighted by Crippen LogP contribution is 2.36. The molecule has 1 aliphatic heterocycles. The van der Waals surface area contributed by atoms with Gasteiger partial charge in [-0.2, -0.15) is 0 Å². The van der Waals surface area contributed by atoms with Crippen molar-refractivity contribution in [2.24, 2.45) is 5.92 Å². The summed E-state index contributed by atoms with van der Waals surface area (Å²) in [5.41, 5.74) is -1.17. The van der Waals surface area contributed by atoms with Crippen molar-refractivity contribution in [3.8, 4) is 28.0 Å². The van der Waals surface area contributed by atoms with Gasteiger partial charge in [-0.15, -0.1) is 0 Å². The molecule has 36 heavy (non-hydrogen) atoms. The quantitative estimate of drug-likeness (QED) is 0.288. The first-order chi connectivity index (χ1) is 17.3. The Hall–Kier alpha value is -2.93. The molecular formula is C29H29F5O2. The fourth-order valence-electron chi connectivity index (χ4n) is 4.65. The van der Waals surface area contributed by atoms with Crippen molar-refractivity contribution in [2.75, 3.05) is 13.2 Å². The van der Waals surface area contributed by atoms with Crippen molar-refractivity contribution in [3.05, 3.63) is 77.1 Å². The molecule has 0 aromatic heterocycles. The number of ether oxygens (including phenoxy) is 2. The second kappa shape index (κ2) is 11.4. The number of rotatable bonds is 8. The van der Waals surface area contributed by atoms with E-state index in [2.05, 4.69) is 6.92 Å². The Morgan fingerprint density at radius 3 is 1.97 bits per heavy atom. The molecule has 1 saturated heterocycles. The normalized spacial score (nSPS) is 17.9. The van der Waals surface area contributed by atoms with Gasteiger partial charge in [0, 0.05) is 34.9 Å². The zero-order valence-corrected chi connectivity index (χ0v) is 20.4. The third kappa shape index (κ3) is 5.41. The number of benzene rings is 3. The third-order valence-electron chi connectivity index (χ3n) is 6.85. The summed E-state index contributed by atoms with van der Waals surface area (Å²) in [5.74, 6) is -5.05. The lowest BCUT2D eigenvalue weighted by Crippen LogP contribution is -2.26. The van der Waals surface area contributed by atoms with Crippen LogP contribution in [0.4, 0.5) is 22.0 Å². The van der Waals surface area contributed by atoms with Gasteiger partial charge in [0.15, 0.2) is 23.3 Å². The molecule has 0 amide bonds. The summed E-state index contributed by atoms with van der Waals surface area (Å²) >= 11 is 0. The average Bonchev–Trinajstić information content (AvgIpc) is 2.88. The topological polar surface area (TPSA) is 18.5 Å². The molecule has 0 spiro atoms. The van der Waals surface area contributed by atoms with Crippen LogP contribution in [0.1, 0.15) is 45.1 Å². The second-order valence-corrected chi connectivity index (χ2v) is 9.11. The highest BCUT2D eigenvalue weighted by molar-refractivity contribution is 5.73. The lowest BCUT2D eigenvalue weighted by Gasteiger charge is -2.28. The summed E-state index contributed by atoms with van der Waals surface area (Å²) in [6, 6.07) is 8.73. The molecule has 3 aromatic carbocycles. The molecule has 4 rings (SSSR count). The Labute approximate surface area is 208 Å². The third-order valence-corrected chi connectivity index (χ3v) is 6.85. The van der Waals surface area contributed by atoms with E-state index < -0.39 is 40.2 Å². The average molecular weight is 505 g/mol. The van der Waals surface area contributed by atoms with E-state index in [-0.39, 0.29) is 35.0 Å². The van der Waals surface area contributed by atoms with Gasteiger partial charge in [0.25, 0.3) is 0 Å². The lowest BCUT2D eigenvalue weighted by molar-refractivity contribution is -0.0203. The standard InChI is InChI=1S/C29H29F5O2/c1-3-17-5-8-19(36-16-17)9-6-18-7-11-23(27(32)26(18)31)24-14-13-22(28(33)29(24)34)21-12-10-20(35-4-2)15-25(21)30/h7,10-15,17,19H,3-6,8-9,16H2,1-2H3. The molecule has 2 unspecified atom stereocenters. The van der Waals surface area contributed by atoms with Crippen LogP contribution in [0.3, 0.4) is 0 Å². The Kier molecular flexibility index (Phi) is 8.29. The lowest BCUT2D eigenvalue weighted by atomic mass is 9.93. The molecule has 0 N–H and O–H groups in total. The second-order valence-electron chi connectivity index (χ2n) is 9.11. The van der Waals surface area contributed by atoms with Gasteiger partial charge in [0.05, 0.1) is 12.7 Å². The van der Waals surface area contributed by atoms with Crippen LogP contribution in [-0.4, -0.2) is 19.3 Å². The van der Waals surface area contributed by atoms with E-state index in [1.807, 2.05) is 0 Å². The minimum atomic E-state index is -1.38.